The van der Waals surface area contributed by atoms with E-state index in [1.807, 2.05) is 6.92 Å². The Morgan fingerprint density at radius 1 is 1.42 bits per heavy atom. The average molecular weight is 281 g/mol. The number of nitrogens with two attached hydrogens (primary N) is 1. The number of halogens is 2. The molecule has 0 aliphatic heterocycles. The third-order valence-electron chi connectivity index (χ3n) is 2.71. The normalized spacial score (nSPS) is 12.2. The summed E-state index contributed by atoms with van der Waals surface area (Å²) in [5.41, 5.74) is 7.37. The number of pyridine rings is 1. The van der Waals surface area contributed by atoms with E-state index in [1.54, 1.807) is 18.3 Å². The third-order valence-corrected chi connectivity index (χ3v) is 3.05. The first-order chi connectivity index (χ1) is 9.08. The summed E-state index contributed by atoms with van der Waals surface area (Å²) >= 11 is 5.98. The molecule has 0 bridgehead atoms. The molecule has 0 radical (unpaired) electrons. The van der Waals surface area contributed by atoms with Crippen molar-refractivity contribution in [1.29, 1.82) is 0 Å². The van der Waals surface area contributed by atoms with Crippen LogP contribution >= 0.6 is 11.6 Å². The molecule has 1 aromatic carbocycles. The molecule has 5 heteroatoms. The van der Waals surface area contributed by atoms with Crippen molar-refractivity contribution < 1.29 is 9.13 Å². The molecule has 0 amide bonds. The van der Waals surface area contributed by atoms with E-state index in [4.69, 9.17) is 22.1 Å². The predicted octanol–water partition coefficient (Wildman–Crippen LogP) is 3.47. The molecule has 0 spiro atoms. The van der Waals surface area contributed by atoms with Gasteiger partial charge < -0.3 is 10.5 Å². The van der Waals surface area contributed by atoms with Gasteiger partial charge in [0, 0.05) is 35.6 Å². The Bertz CT molecular complexity index is 575. The molecule has 2 N–H and O–H groups in total. The van der Waals surface area contributed by atoms with Gasteiger partial charge in [0.2, 0.25) is 0 Å². The van der Waals surface area contributed by atoms with Crippen molar-refractivity contribution in [3.8, 4) is 5.75 Å². The van der Waals surface area contributed by atoms with Gasteiger partial charge in [0.05, 0.1) is 5.02 Å². The van der Waals surface area contributed by atoms with E-state index in [0.29, 0.717) is 10.8 Å². The maximum Gasteiger partial charge on any atom is 0.127 e. The van der Waals surface area contributed by atoms with Gasteiger partial charge in [-0.15, -0.1) is 0 Å². The zero-order chi connectivity index (χ0) is 13.8. The minimum atomic E-state index is -0.361. The first kappa shape index (κ1) is 13.8. The molecular formula is C14H14ClFN2O. The van der Waals surface area contributed by atoms with Gasteiger partial charge >= 0.3 is 0 Å². The second-order valence-corrected chi connectivity index (χ2v) is 4.63. The summed E-state index contributed by atoms with van der Waals surface area (Å²) in [6.07, 6.45) is 3.17. The van der Waals surface area contributed by atoms with Crippen LogP contribution in [-0.2, 0) is 6.61 Å². The van der Waals surface area contributed by atoms with Crippen molar-refractivity contribution in [3.05, 3.63) is 58.6 Å². The van der Waals surface area contributed by atoms with Gasteiger partial charge in [-0.2, -0.15) is 0 Å². The molecule has 0 aliphatic rings. The SMILES string of the molecule is C[C@H](N)c1ccc(F)cc1OCc1ccncc1Cl. The lowest BCUT2D eigenvalue weighted by Crippen LogP contribution is -2.08. The summed E-state index contributed by atoms with van der Waals surface area (Å²) in [5, 5.41) is 0.515. The van der Waals surface area contributed by atoms with Gasteiger partial charge in [-0.05, 0) is 19.1 Å². The number of nitrogens with zero attached hydrogens (tertiary/aromatic N) is 1. The Morgan fingerprint density at radius 3 is 2.89 bits per heavy atom. The Morgan fingerprint density at radius 2 is 2.21 bits per heavy atom. The minimum absolute atomic E-state index is 0.233. The van der Waals surface area contributed by atoms with Crippen molar-refractivity contribution in [3.63, 3.8) is 0 Å². The van der Waals surface area contributed by atoms with E-state index in [9.17, 15) is 4.39 Å². The van der Waals surface area contributed by atoms with E-state index in [-0.39, 0.29) is 18.5 Å². The van der Waals surface area contributed by atoms with Crippen molar-refractivity contribution in [2.24, 2.45) is 5.73 Å². The lowest BCUT2D eigenvalue weighted by atomic mass is 10.1. The second kappa shape index (κ2) is 5.99. The lowest BCUT2D eigenvalue weighted by Gasteiger charge is -2.14. The highest BCUT2D eigenvalue weighted by Gasteiger charge is 2.10. The van der Waals surface area contributed by atoms with Crippen LogP contribution in [0.2, 0.25) is 5.02 Å². The quantitative estimate of drug-likeness (QED) is 0.933. The molecule has 1 heterocycles. The molecule has 0 unspecified atom stereocenters. The van der Waals surface area contributed by atoms with Gasteiger partial charge in [0.15, 0.2) is 0 Å². The van der Waals surface area contributed by atoms with Crippen LogP contribution in [0.5, 0.6) is 5.75 Å². The van der Waals surface area contributed by atoms with Crippen molar-refractivity contribution >= 4 is 11.6 Å². The molecule has 0 aliphatic carbocycles. The molecule has 0 fully saturated rings. The van der Waals surface area contributed by atoms with Gasteiger partial charge in [-0.1, -0.05) is 17.7 Å². The van der Waals surface area contributed by atoms with Crippen LogP contribution in [0.15, 0.2) is 36.7 Å². The van der Waals surface area contributed by atoms with Gasteiger partial charge in [-0.3, -0.25) is 4.98 Å². The molecule has 100 valence electrons. The molecule has 3 nitrogen and oxygen atoms in total. The number of ether oxygens (including phenoxy) is 1. The fraction of sp³-hybridized carbons (Fsp3) is 0.214. The van der Waals surface area contributed by atoms with Crippen LogP contribution in [0.1, 0.15) is 24.1 Å². The predicted molar refractivity (Wildman–Crippen MR) is 72.6 cm³/mol. The van der Waals surface area contributed by atoms with E-state index in [2.05, 4.69) is 4.98 Å². The first-order valence-corrected chi connectivity index (χ1v) is 6.22. The maximum absolute atomic E-state index is 13.3. The average Bonchev–Trinajstić information content (AvgIpc) is 2.37. The highest BCUT2D eigenvalue weighted by atomic mass is 35.5. The van der Waals surface area contributed by atoms with Gasteiger partial charge in [-0.25, -0.2) is 4.39 Å². The Labute approximate surface area is 116 Å². The largest absolute Gasteiger partial charge is 0.488 e. The van der Waals surface area contributed by atoms with Crippen LogP contribution in [0.25, 0.3) is 0 Å². The van der Waals surface area contributed by atoms with Crippen LogP contribution in [0, 0.1) is 5.82 Å². The van der Waals surface area contributed by atoms with E-state index < -0.39 is 0 Å². The second-order valence-electron chi connectivity index (χ2n) is 4.23. The van der Waals surface area contributed by atoms with Gasteiger partial charge in [0.25, 0.3) is 0 Å². The third kappa shape index (κ3) is 3.43. The standard InChI is InChI=1S/C14H14ClFN2O/c1-9(17)12-3-2-11(16)6-14(12)19-8-10-4-5-18-7-13(10)15/h2-7,9H,8,17H2,1H3/t9-/m0/s1. The highest BCUT2D eigenvalue weighted by molar-refractivity contribution is 6.31. The maximum atomic E-state index is 13.3. The first-order valence-electron chi connectivity index (χ1n) is 5.84. The Balaban J connectivity index is 2.19. The summed E-state index contributed by atoms with van der Waals surface area (Å²) in [5.74, 6) is 0.0723. The fourth-order valence-corrected chi connectivity index (χ4v) is 1.86. The topological polar surface area (TPSA) is 48.1 Å². The summed E-state index contributed by atoms with van der Waals surface area (Å²) in [6, 6.07) is 5.85. The zero-order valence-corrected chi connectivity index (χ0v) is 11.2. The number of benzene rings is 1. The molecule has 19 heavy (non-hydrogen) atoms. The molecule has 2 aromatic rings. The van der Waals surface area contributed by atoms with Gasteiger partial charge in [0.1, 0.15) is 18.2 Å². The monoisotopic (exact) mass is 280 g/mol. The van der Waals surface area contributed by atoms with Crippen LogP contribution in [0.4, 0.5) is 4.39 Å². The van der Waals surface area contributed by atoms with Crippen LogP contribution in [0.3, 0.4) is 0 Å². The lowest BCUT2D eigenvalue weighted by molar-refractivity contribution is 0.300. The number of rotatable bonds is 4. The fourth-order valence-electron chi connectivity index (χ4n) is 1.69. The highest BCUT2D eigenvalue weighted by Crippen LogP contribution is 2.26. The smallest absolute Gasteiger partial charge is 0.127 e. The van der Waals surface area contributed by atoms with E-state index in [0.717, 1.165) is 11.1 Å². The molecule has 0 saturated carbocycles. The number of hydrogen-bond acceptors (Lipinski definition) is 3. The Kier molecular flexibility index (Phi) is 4.35. The zero-order valence-electron chi connectivity index (χ0n) is 10.4. The molecule has 1 aromatic heterocycles. The van der Waals surface area contributed by atoms with Crippen LogP contribution in [-0.4, -0.2) is 4.98 Å². The summed E-state index contributed by atoms with van der Waals surface area (Å²) in [4.78, 5) is 3.89. The number of hydrogen-bond donors (Lipinski definition) is 1. The molecular weight excluding hydrogens is 267 g/mol. The van der Waals surface area contributed by atoms with E-state index >= 15 is 0 Å². The van der Waals surface area contributed by atoms with E-state index in [1.165, 1.54) is 18.3 Å². The molecule has 2 rings (SSSR count). The van der Waals surface area contributed by atoms with Crippen molar-refractivity contribution in [2.75, 3.05) is 0 Å². The molecule has 0 saturated heterocycles. The van der Waals surface area contributed by atoms with Crippen molar-refractivity contribution in [1.82, 2.24) is 4.98 Å². The number of aromatic nitrogens is 1. The molecule has 1 atom stereocenters. The summed E-state index contributed by atoms with van der Waals surface area (Å²) in [6.45, 7) is 2.06. The summed E-state index contributed by atoms with van der Waals surface area (Å²) in [7, 11) is 0. The van der Waals surface area contributed by atoms with Crippen LogP contribution < -0.4 is 10.5 Å². The van der Waals surface area contributed by atoms with Crippen molar-refractivity contribution in [2.45, 2.75) is 19.6 Å². The summed E-state index contributed by atoms with van der Waals surface area (Å²) < 4.78 is 18.9. The Hall–Kier alpha value is -1.65. The minimum Gasteiger partial charge on any atom is -0.488 e.